The second-order valence-corrected chi connectivity index (χ2v) is 8.82. The molecule has 1 fully saturated rings. The predicted octanol–water partition coefficient (Wildman–Crippen LogP) is 6.80. The molecule has 0 aromatic heterocycles. The highest BCUT2D eigenvalue weighted by Crippen LogP contribution is 2.31. The molecule has 0 amide bonds. The number of halogens is 1. The first kappa shape index (κ1) is 25.6. The van der Waals surface area contributed by atoms with Crippen LogP contribution in [0.25, 0.3) is 0 Å². The molecule has 3 rings (SSSR count). The van der Waals surface area contributed by atoms with Crippen LogP contribution < -0.4 is 5.32 Å². The lowest BCUT2D eigenvalue weighted by Gasteiger charge is -2.33. The van der Waals surface area contributed by atoms with Crippen LogP contribution >= 0.6 is 0 Å². The summed E-state index contributed by atoms with van der Waals surface area (Å²) in [5.41, 5.74) is 4.87. The standard InChI is InChI=1S/C30H37FN2O/c1-4-5-6-7-14-29(23-31)34-30(27-12-8-10-24(2)21-27)17-20-33-18-15-25(16-19-33)26-11-9-13-28(22-26)32-3/h6-14,21-22,25,30,32H,15-20,23H2,1-3H3/b7-6-,29-14+. The number of piperidine rings is 1. The molecule has 0 bridgehead atoms. The second-order valence-electron chi connectivity index (χ2n) is 8.82. The maximum atomic E-state index is 13.7. The van der Waals surface area contributed by atoms with Gasteiger partial charge >= 0.3 is 0 Å². The molecule has 0 aliphatic carbocycles. The molecule has 2 aromatic rings. The van der Waals surface area contributed by atoms with E-state index in [1.54, 1.807) is 25.2 Å². The van der Waals surface area contributed by atoms with Gasteiger partial charge in [-0.25, -0.2) is 4.39 Å². The number of nitrogens with zero attached hydrogens (tertiary/aromatic N) is 1. The van der Waals surface area contributed by atoms with E-state index in [9.17, 15) is 4.39 Å². The summed E-state index contributed by atoms with van der Waals surface area (Å²) in [6.07, 6.45) is 8.07. The average Bonchev–Trinajstić information content (AvgIpc) is 2.88. The van der Waals surface area contributed by atoms with Crippen LogP contribution in [-0.2, 0) is 4.74 Å². The van der Waals surface area contributed by atoms with Crippen LogP contribution in [0.2, 0.25) is 0 Å². The van der Waals surface area contributed by atoms with Gasteiger partial charge < -0.3 is 15.0 Å². The van der Waals surface area contributed by atoms with Gasteiger partial charge in [-0.2, -0.15) is 0 Å². The van der Waals surface area contributed by atoms with E-state index < -0.39 is 6.67 Å². The van der Waals surface area contributed by atoms with Crippen molar-refractivity contribution in [1.82, 2.24) is 4.90 Å². The molecule has 3 nitrogen and oxygen atoms in total. The number of benzene rings is 2. The third kappa shape index (κ3) is 7.78. The highest BCUT2D eigenvalue weighted by molar-refractivity contribution is 5.46. The molecular weight excluding hydrogens is 423 g/mol. The number of rotatable bonds is 10. The number of hydrogen-bond acceptors (Lipinski definition) is 3. The number of ether oxygens (including phenoxy) is 1. The number of aryl methyl sites for hydroxylation is 1. The zero-order chi connectivity index (χ0) is 24.2. The summed E-state index contributed by atoms with van der Waals surface area (Å²) in [6.45, 7) is 6.28. The molecule has 0 saturated carbocycles. The van der Waals surface area contributed by atoms with E-state index in [1.807, 2.05) is 13.1 Å². The Balaban J connectivity index is 1.62. The van der Waals surface area contributed by atoms with Gasteiger partial charge in [0.2, 0.25) is 0 Å². The van der Waals surface area contributed by atoms with Crippen LogP contribution in [0.4, 0.5) is 10.1 Å². The van der Waals surface area contributed by atoms with Crippen molar-refractivity contribution >= 4 is 5.69 Å². The van der Waals surface area contributed by atoms with Crippen LogP contribution in [0.1, 0.15) is 54.9 Å². The van der Waals surface area contributed by atoms with Crippen molar-refractivity contribution < 1.29 is 9.13 Å². The van der Waals surface area contributed by atoms with Crippen LogP contribution in [0.3, 0.4) is 0 Å². The maximum absolute atomic E-state index is 13.7. The second kappa shape index (κ2) is 13.6. The van der Waals surface area contributed by atoms with Crippen molar-refractivity contribution in [3.05, 3.63) is 89.2 Å². The zero-order valence-corrected chi connectivity index (χ0v) is 20.7. The molecule has 1 atom stereocenters. The van der Waals surface area contributed by atoms with E-state index in [4.69, 9.17) is 4.74 Å². The SMILES string of the molecule is CC#C/C=C\C=C(/CF)OC(CCN1CCC(c2cccc(NC)c2)CC1)c1cccc(C)c1. The van der Waals surface area contributed by atoms with E-state index in [-0.39, 0.29) is 6.10 Å². The third-order valence-corrected chi connectivity index (χ3v) is 6.39. The first-order valence-electron chi connectivity index (χ1n) is 12.2. The number of hydrogen-bond donors (Lipinski definition) is 1. The Labute approximate surface area is 204 Å². The van der Waals surface area contributed by atoms with Crippen LogP contribution in [0.15, 0.2) is 72.5 Å². The topological polar surface area (TPSA) is 24.5 Å². The van der Waals surface area contributed by atoms with E-state index in [2.05, 4.69) is 71.4 Å². The van der Waals surface area contributed by atoms with Crippen molar-refractivity contribution in [2.45, 2.75) is 45.1 Å². The summed E-state index contributed by atoms with van der Waals surface area (Å²) >= 11 is 0. The summed E-state index contributed by atoms with van der Waals surface area (Å²) < 4.78 is 19.9. The minimum atomic E-state index is -0.636. The molecule has 180 valence electrons. The third-order valence-electron chi connectivity index (χ3n) is 6.39. The van der Waals surface area contributed by atoms with Crippen molar-refractivity contribution in [3.63, 3.8) is 0 Å². The highest BCUT2D eigenvalue weighted by Gasteiger charge is 2.23. The van der Waals surface area contributed by atoms with Crippen molar-refractivity contribution in [3.8, 4) is 11.8 Å². The molecule has 4 heteroatoms. The van der Waals surface area contributed by atoms with Gasteiger partial charge in [0.15, 0.2) is 0 Å². The molecule has 0 spiro atoms. The fourth-order valence-electron chi connectivity index (χ4n) is 4.49. The number of alkyl halides is 1. The molecule has 0 radical (unpaired) electrons. The first-order chi connectivity index (χ1) is 16.6. The molecule has 1 heterocycles. The minimum Gasteiger partial charge on any atom is -0.487 e. The summed E-state index contributed by atoms with van der Waals surface area (Å²) in [5, 5.41) is 3.24. The largest absolute Gasteiger partial charge is 0.487 e. The average molecular weight is 461 g/mol. The number of anilines is 1. The summed E-state index contributed by atoms with van der Waals surface area (Å²) in [7, 11) is 1.97. The Bertz CT molecular complexity index is 1030. The lowest BCUT2D eigenvalue weighted by atomic mass is 9.89. The molecule has 34 heavy (non-hydrogen) atoms. The Morgan fingerprint density at radius 2 is 2.00 bits per heavy atom. The van der Waals surface area contributed by atoms with Gasteiger partial charge in [-0.1, -0.05) is 54.0 Å². The van der Waals surface area contributed by atoms with E-state index in [0.717, 1.165) is 44.5 Å². The Kier molecular flexibility index (Phi) is 10.3. The van der Waals surface area contributed by atoms with Crippen LogP contribution in [0, 0.1) is 18.8 Å². The Morgan fingerprint density at radius 1 is 1.21 bits per heavy atom. The zero-order valence-electron chi connectivity index (χ0n) is 20.7. The number of likely N-dealkylation sites (tertiary alicyclic amines) is 1. The van der Waals surface area contributed by atoms with Gasteiger partial charge in [-0.3, -0.25) is 0 Å². The molecule has 1 aliphatic rings. The van der Waals surface area contributed by atoms with E-state index in [0.29, 0.717) is 11.7 Å². The predicted molar refractivity (Wildman–Crippen MR) is 141 cm³/mol. The van der Waals surface area contributed by atoms with Gasteiger partial charge in [-0.05, 0) is 81.1 Å². The van der Waals surface area contributed by atoms with E-state index in [1.165, 1.54) is 16.8 Å². The Morgan fingerprint density at radius 3 is 2.71 bits per heavy atom. The fraction of sp³-hybridized carbons (Fsp3) is 0.400. The molecular formula is C30H37FN2O. The molecule has 1 saturated heterocycles. The molecule has 1 aliphatic heterocycles. The lowest BCUT2D eigenvalue weighted by molar-refractivity contribution is 0.0798. The smallest absolute Gasteiger partial charge is 0.147 e. The molecule has 1 unspecified atom stereocenters. The monoisotopic (exact) mass is 460 g/mol. The van der Waals surface area contributed by atoms with Gasteiger partial charge in [-0.15, -0.1) is 5.92 Å². The minimum absolute atomic E-state index is 0.183. The summed E-state index contributed by atoms with van der Waals surface area (Å²) in [4.78, 5) is 2.51. The maximum Gasteiger partial charge on any atom is 0.147 e. The normalized spacial score (nSPS) is 16.2. The van der Waals surface area contributed by atoms with E-state index >= 15 is 0 Å². The summed E-state index contributed by atoms with van der Waals surface area (Å²) in [5.74, 6) is 6.59. The molecule has 2 aromatic carbocycles. The fourth-order valence-corrected chi connectivity index (χ4v) is 4.49. The van der Waals surface area contributed by atoms with Crippen LogP contribution in [0.5, 0.6) is 0 Å². The van der Waals surface area contributed by atoms with Gasteiger partial charge in [0.25, 0.3) is 0 Å². The Hall–Kier alpha value is -3.03. The van der Waals surface area contributed by atoms with Gasteiger partial charge in [0.1, 0.15) is 18.5 Å². The van der Waals surface area contributed by atoms with Crippen molar-refractivity contribution in [2.75, 3.05) is 38.7 Å². The lowest BCUT2D eigenvalue weighted by Crippen LogP contribution is -2.34. The van der Waals surface area contributed by atoms with Crippen molar-refractivity contribution in [1.29, 1.82) is 0 Å². The molecule has 1 N–H and O–H groups in total. The quantitative estimate of drug-likeness (QED) is 0.240. The first-order valence-corrected chi connectivity index (χ1v) is 12.2. The highest BCUT2D eigenvalue weighted by atomic mass is 19.1. The number of nitrogens with one attached hydrogen (secondary N) is 1. The summed E-state index contributed by atoms with van der Waals surface area (Å²) in [6, 6.07) is 17.1. The van der Waals surface area contributed by atoms with Gasteiger partial charge in [0.05, 0.1) is 0 Å². The van der Waals surface area contributed by atoms with Crippen molar-refractivity contribution in [2.24, 2.45) is 0 Å². The number of allylic oxidation sites excluding steroid dienone is 4. The van der Waals surface area contributed by atoms with Crippen LogP contribution in [-0.4, -0.2) is 38.3 Å². The van der Waals surface area contributed by atoms with Gasteiger partial charge in [0, 0.05) is 25.7 Å².